The van der Waals surface area contributed by atoms with Crippen LogP contribution in [0.4, 0.5) is 11.5 Å². The van der Waals surface area contributed by atoms with E-state index in [1.165, 1.54) is 35.1 Å². The summed E-state index contributed by atoms with van der Waals surface area (Å²) in [5, 5.41) is 4.17. The fourth-order valence-corrected chi connectivity index (χ4v) is 4.78. The van der Waals surface area contributed by atoms with E-state index >= 15 is 0 Å². The second kappa shape index (κ2) is 8.89. The normalized spacial score (nSPS) is 11.5. The fourth-order valence-electron chi connectivity index (χ4n) is 3.15. The Hall–Kier alpha value is -3.34. The first-order valence-corrected chi connectivity index (χ1v) is 11.8. The van der Waals surface area contributed by atoms with E-state index in [0.29, 0.717) is 11.1 Å². The number of hydrogen-bond acceptors (Lipinski definition) is 7. The highest BCUT2D eigenvalue weighted by atomic mass is 35.5. The summed E-state index contributed by atoms with van der Waals surface area (Å²) >= 11 is 12.9. The molecule has 2 heterocycles. The highest BCUT2D eigenvalue weighted by molar-refractivity contribution is 7.92. The lowest BCUT2D eigenvalue weighted by atomic mass is 10.1. The number of carbonyl (C=O) groups is 1. The molecule has 9 nitrogen and oxygen atoms in total. The van der Waals surface area contributed by atoms with Gasteiger partial charge in [0.05, 0.1) is 33.4 Å². The molecule has 4 rings (SSSR count). The van der Waals surface area contributed by atoms with Gasteiger partial charge in [0.25, 0.3) is 10.0 Å². The van der Waals surface area contributed by atoms with E-state index in [-0.39, 0.29) is 44.3 Å². The van der Waals surface area contributed by atoms with Gasteiger partial charge < -0.3 is 10.5 Å². The Morgan fingerprint density at radius 2 is 1.82 bits per heavy atom. The van der Waals surface area contributed by atoms with Gasteiger partial charge in [0, 0.05) is 17.3 Å². The molecule has 2 aromatic carbocycles. The third-order valence-electron chi connectivity index (χ3n) is 4.73. The zero-order chi connectivity index (χ0) is 23.8. The van der Waals surface area contributed by atoms with Crippen LogP contribution in [0.25, 0.3) is 16.8 Å². The average molecular weight is 506 g/mol. The van der Waals surface area contributed by atoms with Gasteiger partial charge in [0.1, 0.15) is 11.4 Å². The van der Waals surface area contributed by atoms with Gasteiger partial charge in [-0.2, -0.15) is 9.61 Å². The van der Waals surface area contributed by atoms with Gasteiger partial charge in [-0.3, -0.25) is 4.72 Å². The van der Waals surface area contributed by atoms with Crippen molar-refractivity contribution in [2.24, 2.45) is 0 Å². The number of nitrogen functional groups attached to an aromatic ring is 1. The van der Waals surface area contributed by atoms with Crippen LogP contribution in [0, 0.1) is 0 Å². The highest BCUT2D eigenvalue weighted by Crippen LogP contribution is 2.40. The van der Waals surface area contributed by atoms with Crippen LogP contribution >= 0.6 is 23.2 Å². The van der Waals surface area contributed by atoms with Crippen LogP contribution < -0.4 is 10.5 Å². The Bertz CT molecular complexity index is 1470. The van der Waals surface area contributed by atoms with Gasteiger partial charge in [-0.25, -0.2) is 18.2 Å². The molecule has 0 aliphatic heterocycles. The van der Waals surface area contributed by atoms with Crippen molar-refractivity contribution >= 4 is 56.3 Å². The van der Waals surface area contributed by atoms with Gasteiger partial charge in [0.15, 0.2) is 5.65 Å². The number of nitrogens with one attached hydrogen (secondary N) is 1. The zero-order valence-electron chi connectivity index (χ0n) is 17.1. The van der Waals surface area contributed by atoms with Crippen LogP contribution in [0.5, 0.6) is 0 Å². The molecular formula is C21H17Cl2N5O4S. The standard InChI is InChI=1S/C21H17Cl2N5O4S/c1-2-32-21(29)15-11-26-28-19(24)14(10-25-20(15)28)13-8-9-16(18(23)17(13)22)27-33(30,31)12-6-4-3-5-7-12/h3-11,27H,2,24H2,1H3. The van der Waals surface area contributed by atoms with Crippen LogP contribution in [0.1, 0.15) is 17.3 Å². The van der Waals surface area contributed by atoms with Crippen molar-refractivity contribution in [1.29, 1.82) is 0 Å². The number of esters is 1. The molecule has 0 spiro atoms. The third-order valence-corrected chi connectivity index (χ3v) is 6.99. The number of ether oxygens (including phenoxy) is 1. The van der Waals surface area contributed by atoms with Crippen LogP contribution in [-0.2, 0) is 14.8 Å². The van der Waals surface area contributed by atoms with E-state index in [0.717, 1.165) is 0 Å². The Labute approximate surface area is 199 Å². The van der Waals surface area contributed by atoms with Gasteiger partial charge in [-0.05, 0) is 25.1 Å². The maximum absolute atomic E-state index is 12.6. The first-order valence-electron chi connectivity index (χ1n) is 9.60. The lowest BCUT2D eigenvalue weighted by molar-refractivity contribution is 0.0528. The van der Waals surface area contributed by atoms with E-state index in [2.05, 4.69) is 14.8 Å². The minimum absolute atomic E-state index is 0.0131. The molecule has 170 valence electrons. The number of fused-ring (bicyclic) bond motifs is 1. The molecule has 0 saturated carbocycles. The monoisotopic (exact) mass is 505 g/mol. The Morgan fingerprint density at radius 3 is 2.52 bits per heavy atom. The van der Waals surface area contributed by atoms with Crippen molar-refractivity contribution < 1.29 is 17.9 Å². The van der Waals surface area contributed by atoms with Crippen molar-refractivity contribution in [3.8, 4) is 11.1 Å². The number of anilines is 2. The molecular weight excluding hydrogens is 489 g/mol. The van der Waals surface area contributed by atoms with E-state index in [4.69, 9.17) is 33.7 Å². The molecule has 0 aliphatic carbocycles. The minimum Gasteiger partial charge on any atom is -0.462 e. The van der Waals surface area contributed by atoms with Gasteiger partial charge >= 0.3 is 5.97 Å². The van der Waals surface area contributed by atoms with Gasteiger partial charge in [-0.1, -0.05) is 47.5 Å². The first kappa shape index (κ1) is 22.8. The Morgan fingerprint density at radius 1 is 1.09 bits per heavy atom. The van der Waals surface area contributed by atoms with E-state index in [9.17, 15) is 13.2 Å². The molecule has 0 aliphatic rings. The number of rotatable bonds is 6. The van der Waals surface area contributed by atoms with Crippen LogP contribution in [0.2, 0.25) is 10.0 Å². The summed E-state index contributed by atoms with van der Waals surface area (Å²) in [5.41, 5.74) is 7.57. The van der Waals surface area contributed by atoms with E-state index < -0.39 is 16.0 Å². The SMILES string of the molecule is CCOC(=O)c1cnn2c(N)c(-c3ccc(NS(=O)(=O)c4ccccc4)c(Cl)c3Cl)cnc12. The molecule has 0 saturated heterocycles. The lowest BCUT2D eigenvalue weighted by Gasteiger charge is -2.14. The summed E-state index contributed by atoms with van der Waals surface area (Å²) in [5.74, 6) is -0.408. The van der Waals surface area contributed by atoms with Crippen molar-refractivity contribution in [2.45, 2.75) is 11.8 Å². The molecule has 2 aromatic heterocycles. The minimum atomic E-state index is -3.87. The van der Waals surface area contributed by atoms with Gasteiger partial charge in [-0.15, -0.1) is 0 Å². The predicted molar refractivity (Wildman–Crippen MR) is 126 cm³/mol. The molecule has 0 fully saturated rings. The third kappa shape index (κ3) is 4.20. The smallest absolute Gasteiger partial charge is 0.343 e. The average Bonchev–Trinajstić information content (AvgIpc) is 3.24. The molecule has 33 heavy (non-hydrogen) atoms. The Kier molecular flexibility index (Phi) is 6.15. The fraction of sp³-hybridized carbons (Fsp3) is 0.0952. The lowest BCUT2D eigenvalue weighted by Crippen LogP contribution is -2.13. The summed E-state index contributed by atoms with van der Waals surface area (Å²) in [6.07, 6.45) is 2.75. The molecule has 4 aromatic rings. The summed E-state index contributed by atoms with van der Waals surface area (Å²) < 4.78 is 34.0. The van der Waals surface area contributed by atoms with Crippen LogP contribution in [0.15, 0.2) is 59.8 Å². The number of benzene rings is 2. The predicted octanol–water partition coefficient (Wildman–Crippen LogP) is 4.26. The Balaban J connectivity index is 1.73. The van der Waals surface area contributed by atoms with Crippen LogP contribution in [0.3, 0.4) is 0 Å². The summed E-state index contributed by atoms with van der Waals surface area (Å²) in [7, 11) is -3.87. The number of halogens is 2. The number of hydrogen-bond donors (Lipinski definition) is 2. The molecule has 0 atom stereocenters. The maximum atomic E-state index is 12.6. The molecule has 0 bridgehead atoms. The van der Waals surface area contributed by atoms with Crippen molar-refractivity contribution in [3.63, 3.8) is 0 Å². The van der Waals surface area contributed by atoms with Crippen molar-refractivity contribution in [2.75, 3.05) is 17.1 Å². The molecule has 3 N–H and O–H groups in total. The molecule has 0 unspecified atom stereocenters. The topological polar surface area (TPSA) is 129 Å². The molecule has 0 amide bonds. The number of nitrogens with two attached hydrogens (primary N) is 1. The number of nitrogens with zero attached hydrogens (tertiary/aromatic N) is 3. The number of sulfonamides is 1. The second-order valence-corrected chi connectivity index (χ2v) is 9.22. The summed E-state index contributed by atoms with van der Waals surface area (Å²) in [6, 6.07) is 10.9. The molecule has 12 heteroatoms. The zero-order valence-corrected chi connectivity index (χ0v) is 19.4. The molecule has 0 radical (unpaired) electrons. The van der Waals surface area contributed by atoms with E-state index in [1.54, 1.807) is 31.2 Å². The van der Waals surface area contributed by atoms with Gasteiger partial charge in [0.2, 0.25) is 0 Å². The van der Waals surface area contributed by atoms with Crippen LogP contribution in [-0.4, -0.2) is 35.6 Å². The highest BCUT2D eigenvalue weighted by Gasteiger charge is 2.22. The van der Waals surface area contributed by atoms with E-state index in [1.807, 2.05) is 0 Å². The summed E-state index contributed by atoms with van der Waals surface area (Å²) in [4.78, 5) is 16.4. The van der Waals surface area contributed by atoms with Crippen molar-refractivity contribution in [3.05, 3.63) is 70.5 Å². The second-order valence-electron chi connectivity index (χ2n) is 6.78. The van der Waals surface area contributed by atoms with Crippen molar-refractivity contribution in [1.82, 2.24) is 14.6 Å². The largest absolute Gasteiger partial charge is 0.462 e. The first-order chi connectivity index (χ1) is 15.7. The number of carbonyl (C=O) groups excluding carboxylic acids is 1. The number of aromatic nitrogens is 3. The quantitative estimate of drug-likeness (QED) is 0.374. The summed E-state index contributed by atoms with van der Waals surface area (Å²) in [6.45, 7) is 1.90. The maximum Gasteiger partial charge on any atom is 0.343 e.